The Morgan fingerprint density at radius 3 is 2.33 bits per heavy atom. The molecular formula is C12H21NO2. The van der Waals surface area contributed by atoms with Gasteiger partial charge in [-0.05, 0) is 26.7 Å². The fraction of sp³-hybridized carbons (Fsp3) is 0.750. The molecule has 0 rings (SSSR count). The summed E-state index contributed by atoms with van der Waals surface area (Å²) in [5, 5.41) is 0. The number of nitrogens with zero attached hydrogens (tertiary/aromatic N) is 1. The van der Waals surface area contributed by atoms with Gasteiger partial charge in [-0.25, -0.2) is 4.79 Å². The highest BCUT2D eigenvalue weighted by Gasteiger charge is 2.21. The lowest BCUT2D eigenvalue weighted by molar-refractivity contribution is 0.0255. The summed E-state index contributed by atoms with van der Waals surface area (Å²) in [6, 6.07) is 0. The third-order valence-electron chi connectivity index (χ3n) is 1.52. The molecule has 0 saturated heterocycles. The summed E-state index contributed by atoms with van der Waals surface area (Å²) in [6.45, 7) is 10.5. The fourth-order valence-corrected chi connectivity index (χ4v) is 1.08. The Kier molecular flexibility index (Phi) is 5.21. The van der Waals surface area contributed by atoms with Crippen LogP contribution in [0, 0.1) is 18.3 Å². The van der Waals surface area contributed by atoms with Crippen LogP contribution >= 0.6 is 0 Å². The maximum atomic E-state index is 11.7. The number of hydrogen-bond acceptors (Lipinski definition) is 2. The van der Waals surface area contributed by atoms with E-state index in [-0.39, 0.29) is 6.09 Å². The topological polar surface area (TPSA) is 29.5 Å². The smallest absolute Gasteiger partial charge is 0.411 e. The predicted octanol–water partition coefficient (Wildman–Crippen LogP) is 2.51. The van der Waals surface area contributed by atoms with Gasteiger partial charge < -0.3 is 4.74 Å². The van der Waals surface area contributed by atoms with E-state index in [2.05, 4.69) is 5.92 Å². The van der Waals surface area contributed by atoms with Gasteiger partial charge in [-0.1, -0.05) is 19.8 Å². The molecule has 15 heavy (non-hydrogen) atoms. The van der Waals surface area contributed by atoms with Crippen molar-refractivity contribution in [3.63, 3.8) is 0 Å². The van der Waals surface area contributed by atoms with E-state index in [0.29, 0.717) is 19.0 Å². The van der Waals surface area contributed by atoms with Gasteiger partial charge in [0.15, 0.2) is 0 Å². The third-order valence-corrected chi connectivity index (χ3v) is 1.52. The maximum Gasteiger partial charge on any atom is 0.411 e. The lowest BCUT2D eigenvalue weighted by atomic mass is 10.2. The fourth-order valence-electron chi connectivity index (χ4n) is 1.08. The summed E-state index contributed by atoms with van der Waals surface area (Å²) >= 11 is 0. The van der Waals surface area contributed by atoms with Crippen LogP contribution in [0.4, 0.5) is 4.79 Å². The van der Waals surface area contributed by atoms with Crippen LogP contribution < -0.4 is 0 Å². The molecule has 3 heteroatoms. The first-order valence-electron chi connectivity index (χ1n) is 5.17. The zero-order valence-electron chi connectivity index (χ0n) is 10.3. The number of hydrogen-bond donors (Lipinski definition) is 0. The summed E-state index contributed by atoms with van der Waals surface area (Å²) in [5.74, 6) is 2.85. The van der Waals surface area contributed by atoms with Gasteiger partial charge in [0.2, 0.25) is 0 Å². The number of amides is 1. The van der Waals surface area contributed by atoms with Gasteiger partial charge >= 0.3 is 6.09 Å². The van der Waals surface area contributed by atoms with E-state index in [1.807, 2.05) is 34.6 Å². The van der Waals surface area contributed by atoms with Gasteiger partial charge in [0.05, 0.1) is 6.54 Å². The molecule has 0 aliphatic carbocycles. The van der Waals surface area contributed by atoms with Crippen molar-refractivity contribution < 1.29 is 9.53 Å². The average Bonchev–Trinajstić information content (AvgIpc) is 1.99. The molecule has 0 spiro atoms. The molecule has 0 aromatic rings. The molecule has 0 radical (unpaired) electrons. The van der Waals surface area contributed by atoms with E-state index in [1.165, 1.54) is 0 Å². The van der Waals surface area contributed by atoms with Crippen LogP contribution in [0.25, 0.3) is 0 Å². The van der Waals surface area contributed by atoms with Crippen molar-refractivity contribution in [2.45, 2.75) is 40.2 Å². The number of rotatable bonds is 3. The van der Waals surface area contributed by atoms with Crippen molar-refractivity contribution in [1.82, 2.24) is 4.90 Å². The molecule has 0 aromatic heterocycles. The molecular weight excluding hydrogens is 190 g/mol. The number of terminal acetylenes is 1. The zero-order chi connectivity index (χ0) is 12.1. The first-order valence-corrected chi connectivity index (χ1v) is 5.17. The number of carbonyl (C=O) groups excluding carboxylic acids is 1. The highest BCUT2D eigenvalue weighted by molar-refractivity contribution is 5.68. The van der Waals surface area contributed by atoms with Gasteiger partial charge in [0.1, 0.15) is 5.60 Å². The highest BCUT2D eigenvalue weighted by Crippen LogP contribution is 2.10. The molecule has 0 aromatic carbocycles. The molecule has 0 unspecified atom stereocenters. The lowest BCUT2D eigenvalue weighted by Gasteiger charge is -2.27. The Hall–Kier alpha value is -1.17. The van der Waals surface area contributed by atoms with E-state index in [9.17, 15) is 4.79 Å². The Morgan fingerprint density at radius 2 is 2.00 bits per heavy atom. The summed E-state index contributed by atoms with van der Waals surface area (Å²) in [6.07, 6.45) is 4.87. The van der Waals surface area contributed by atoms with Crippen LogP contribution in [0.3, 0.4) is 0 Å². The lowest BCUT2D eigenvalue weighted by Crippen LogP contribution is -2.39. The van der Waals surface area contributed by atoms with Crippen molar-refractivity contribution in [2.24, 2.45) is 5.92 Å². The molecule has 0 aliphatic heterocycles. The first-order chi connectivity index (χ1) is 6.76. The van der Waals surface area contributed by atoms with E-state index < -0.39 is 5.60 Å². The van der Waals surface area contributed by atoms with Crippen molar-refractivity contribution in [2.75, 3.05) is 13.1 Å². The van der Waals surface area contributed by atoms with Crippen LogP contribution in [-0.2, 0) is 4.74 Å². The first kappa shape index (κ1) is 13.8. The average molecular weight is 211 g/mol. The Balaban J connectivity index is 4.37. The monoisotopic (exact) mass is 211 g/mol. The van der Waals surface area contributed by atoms with Crippen molar-refractivity contribution in [3.8, 4) is 12.3 Å². The van der Waals surface area contributed by atoms with Gasteiger partial charge in [-0.3, -0.25) is 4.90 Å². The molecule has 0 heterocycles. The SMILES string of the molecule is C#CCN(CC(C)C)C(=O)OC(C)(C)C. The third kappa shape index (κ3) is 6.84. The molecule has 1 amide bonds. The largest absolute Gasteiger partial charge is 0.444 e. The van der Waals surface area contributed by atoms with Crippen molar-refractivity contribution in [3.05, 3.63) is 0 Å². The summed E-state index contributed by atoms with van der Waals surface area (Å²) in [4.78, 5) is 13.2. The molecule has 86 valence electrons. The molecule has 0 atom stereocenters. The van der Waals surface area contributed by atoms with Crippen LogP contribution in [0.5, 0.6) is 0 Å². The number of ether oxygens (including phenoxy) is 1. The van der Waals surface area contributed by atoms with E-state index in [1.54, 1.807) is 4.90 Å². The second-order valence-electron chi connectivity index (χ2n) is 4.96. The maximum absolute atomic E-state index is 11.7. The second kappa shape index (κ2) is 5.65. The van der Waals surface area contributed by atoms with Crippen LogP contribution in [0.1, 0.15) is 34.6 Å². The minimum atomic E-state index is -0.471. The molecule has 0 bridgehead atoms. The van der Waals surface area contributed by atoms with Crippen molar-refractivity contribution >= 4 is 6.09 Å². The molecule has 0 N–H and O–H groups in total. The molecule has 0 fully saturated rings. The van der Waals surface area contributed by atoms with Gasteiger partial charge in [0, 0.05) is 6.54 Å². The van der Waals surface area contributed by atoms with Crippen LogP contribution in [0.2, 0.25) is 0 Å². The van der Waals surface area contributed by atoms with Gasteiger partial charge in [-0.2, -0.15) is 0 Å². The Labute approximate surface area is 92.8 Å². The minimum Gasteiger partial charge on any atom is -0.444 e. The molecule has 0 saturated carbocycles. The normalized spacial score (nSPS) is 11.0. The van der Waals surface area contributed by atoms with Gasteiger partial charge in [-0.15, -0.1) is 6.42 Å². The Morgan fingerprint density at radius 1 is 1.47 bits per heavy atom. The number of carbonyl (C=O) groups is 1. The zero-order valence-corrected chi connectivity index (χ0v) is 10.3. The summed E-state index contributed by atoms with van der Waals surface area (Å²) in [5.41, 5.74) is -0.471. The Bertz CT molecular complexity index is 245. The van der Waals surface area contributed by atoms with E-state index >= 15 is 0 Å². The van der Waals surface area contributed by atoms with E-state index in [0.717, 1.165) is 0 Å². The van der Waals surface area contributed by atoms with Crippen LogP contribution in [0.15, 0.2) is 0 Å². The van der Waals surface area contributed by atoms with Crippen LogP contribution in [-0.4, -0.2) is 29.7 Å². The van der Waals surface area contributed by atoms with Crippen molar-refractivity contribution in [1.29, 1.82) is 0 Å². The van der Waals surface area contributed by atoms with E-state index in [4.69, 9.17) is 11.2 Å². The summed E-state index contributed by atoms with van der Waals surface area (Å²) in [7, 11) is 0. The summed E-state index contributed by atoms with van der Waals surface area (Å²) < 4.78 is 5.24. The predicted molar refractivity (Wildman–Crippen MR) is 61.5 cm³/mol. The van der Waals surface area contributed by atoms with Gasteiger partial charge in [0.25, 0.3) is 0 Å². The molecule has 3 nitrogen and oxygen atoms in total. The molecule has 0 aliphatic rings. The minimum absolute atomic E-state index is 0.299. The standard InChI is InChI=1S/C12H21NO2/c1-7-8-13(9-10(2)3)11(14)15-12(4,5)6/h1,10H,8-9H2,2-6H3. The highest BCUT2D eigenvalue weighted by atomic mass is 16.6. The second-order valence-corrected chi connectivity index (χ2v) is 4.96. The quantitative estimate of drug-likeness (QED) is 0.671.